The molecule has 0 bridgehead atoms. The first kappa shape index (κ1) is 16.3. The molecule has 0 aromatic heterocycles. The van der Waals surface area contributed by atoms with Gasteiger partial charge in [0, 0.05) is 17.3 Å². The van der Waals surface area contributed by atoms with E-state index in [0.717, 1.165) is 0 Å². The van der Waals surface area contributed by atoms with Crippen LogP contribution in [0.5, 0.6) is 0 Å². The maximum atomic E-state index is 12.5. The zero-order chi connectivity index (χ0) is 15.9. The van der Waals surface area contributed by atoms with E-state index in [9.17, 15) is 9.59 Å². The van der Waals surface area contributed by atoms with Gasteiger partial charge in [0.1, 0.15) is 0 Å². The Kier molecular flexibility index (Phi) is 5.78. The molecule has 1 aliphatic carbocycles. The van der Waals surface area contributed by atoms with Crippen molar-refractivity contribution in [2.45, 2.75) is 12.8 Å². The Labute approximate surface area is 135 Å². The predicted octanol–water partition coefficient (Wildman–Crippen LogP) is 3.16. The fourth-order valence-corrected chi connectivity index (χ4v) is 2.59. The van der Waals surface area contributed by atoms with Crippen LogP contribution >= 0.6 is 11.6 Å². The molecule has 0 radical (unpaired) electrons. The van der Waals surface area contributed by atoms with Crippen molar-refractivity contribution < 1.29 is 9.59 Å². The molecule has 0 aliphatic heterocycles. The monoisotopic (exact) mass is 318 g/mol. The van der Waals surface area contributed by atoms with Gasteiger partial charge in [-0.3, -0.25) is 9.59 Å². The van der Waals surface area contributed by atoms with Crippen molar-refractivity contribution in [1.82, 2.24) is 5.32 Å². The van der Waals surface area contributed by atoms with Crippen molar-refractivity contribution in [1.29, 1.82) is 0 Å². The van der Waals surface area contributed by atoms with Crippen LogP contribution in [0.4, 0.5) is 5.69 Å². The summed E-state index contributed by atoms with van der Waals surface area (Å²) in [6.07, 6.45) is 6.65. The second-order valence-corrected chi connectivity index (χ2v) is 5.62. The van der Waals surface area contributed by atoms with Crippen LogP contribution in [0, 0.1) is 11.8 Å². The van der Waals surface area contributed by atoms with Gasteiger partial charge in [-0.25, -0.2) is 0 Å². The molecule has 2 amide bonds. The maximum Gasteiger partial charge on any atom is 0.228 e. The summed E-state index contributed by atoms with van der Waals surface area (Å²) >= 11 is 5.83. The molecular formula is C17H19ClN2O2. The molecule has 0 unspecified atom stereocenters. The summed E-state index contributed by atoms with van der Waals surface area (Å²) in [6, 6.07) is 6.91. The minimum Gasteiger partial charge on any atom is -0.352 e. The third-order valence-electron chi connectivity index (χ3n) is 3.64. The standard InChI is InChI=1S/C17H19ClN2O2/c1-2-11-19-16(21)14-5-3-4-6-15(14)17(22)20-13-9-7-12(18)8-10-13/h2-4,7-10,14-15H,1,5-6,11H2,(H,19,21)(H,20,22)/t14-,15+/m0/s1. The van der Waals surface area contributed by atoms with Gasteiger partial charge in [-0.1, -0.05) is 29.8 Å². The van der Waals surface area contributed by atoms with Gasteiger partial charge in [0.05, 0.1) is 11.8 Å². The van der Waals surface area contributed by atoms with E-state index >= 15 is 0 Å². The SMILES string of the molecule is C=CCNC(=O)[C@H]1CC=CC[C@H]1C(=O)Nc1ccc(Cl)cc1. The van der Waals surface area contributed by atoms with Gasteiger partial charge in [-0.05, 0) is 37.1 Å². The highest BCUT2D eigenvalue weighted by atomic mass is 35.5. The lowest BCUT2D eigenvalue weighted by Crippen LogP contribution is -2.40. The average Bonchev–Trinajstić information content (AvgIpc) is 2.54. The molecule has 0 fully saturated rings. The summed E-state index contributed by atoms with van der Waals surface area (Å²) in [5, 5.41) is 6.23. The lowest BCUT2D eigenvalue weighted by molar-refractivity contribution is -0.132. The fraction of sp³-hybridized carbons (Fsp3) is 0.294. The van der Waals surface area contributed by atoms with E-state index < -0.39 is 0 Å². The highest BCUT2D eigenvalue weighted by Gasteiger charge is 2.33. The molecule has 0 heterocycles. The van der Waals surface area contributed by atoms with Crippen LogP contribution in [0.15, 0.2) is 49.1 Å². The average molecular weight is 319 g/mol. The lowest BCUT2D eigenvalue weighted by Gasteiger charge is -2.26. The molecule has 2 N–H and O–H groups in total. The summed E-state index contributed by atoms with van der Waals surface area (Å²) < 4.78 is 0. The third-order valence-corrected chi connectivity index (χ3v) is 3.89. The van der Waals surface area contributed by atoms with Crippen LogP contribution in [-0.4, -0.2) is 18.4 Å². The summed E-state index contributed by atoms with van der Waals surface area (Å²) in [4.78, 5) is 24.6. The van der Waals surface area contributed by atoms with Crippen LogP contribution in [0.3, 0.4) is 0 Å². The van der Waals surface area contributed by atoms with E-state index in [0.29, 0.717) is 30.1 Å². The molecule has 2 rings (SSSR count). The van der Waals surface area contributed by atoms with Crippen LogP contribution in [0.2, 0.25) is 5.02 Å². The Bertz CT molecular complexity index is 581. The zero-order valence-corrected chi connectivity index (χ0v) is 13.0. The van der Waals surface area contributed by atoms with Crippen molar-refractivity contribution in [3.63, 3.8) is 0 Å². The third kappa shape index (κ3) is 4.21. The van der Waals surface area contributed by atoms with Crippen LogP contribution < -0.4 is 10.6 Å². The van der Waals surface area contributed by atoms with Crippen LogP contribution in [-0.2, 0) is 9.59 Å². The Balaban J connectivity index is 2.05. The molecule has 5 heteroatoms. The van der Waals surface area contributed by atoms with Crippen molar-refractivity contribution in [3.8, 4) is 0 Å². The fourth-order valence-electron chi connectivity index (χ4n) is 2.47. The quantitative estimate of drug-likeness (QED) is 0.819. The minimum absolute atomic E-state index is 0.111. The Hall–Kier alpha value is -2.07. The summed E-state index contributed by atoms with van der Waals surface area (Å²) in [5.74, 6) is -0.978. The van der Waals surface area contributed by atoms with E-state index in [2.05, 4.69) is 17.2 Å². The van der Waals surface area contributed by atoms with Crippen molar-refractivity contribution in [3.05, 3.63) is 54.1 Å². The van der Waals surface area contributed by atoms with Crippen molar-refractivity contribution >= 4 is 29.1 Å². The number of benzene rings is 1. The molecular weight excluding hydrogens is 300 g/mol. The number of anilines is 1. The predicted molar refractivity (Wildman–Crippen MR) is 88.6 cm³/mol. The second kappa shape index (κ2) is 7.80. The normalized spacial score (nSPS) is 20.2. The molecule has 1 aromatic carbocycles. The minimum atomic E-state index is -0.370. The molecule has 116 valence electrons. The Morgan fingerprint density at radius 3 is 2.32 bits per heavy atom. The largest absolute Gasteiger partial charge is 0.352 e. The van der Waals surface area contributed by atoms with Gasteiger partial charge >= 0.3 is 0 Å². The number of rotatable bonds is 5. The number of hydrogen-bond donors (Lipinski definition) is 2. The van der Waals surface area contributed by atoms with Crippen LogP contribution in [0.25, 0.3) is 0 Å². The number of hydrogen-bond acceptors (Lipinski definition) is 2. The number of carbonyl (C=O) groups excluding carboxylic acids is 2. The molecule has 1 aromatic rings. The van der Waals surface area contributed by atoms with E-state index in [4.69, 9.17) is 11.6 Å². The van der Waals surface area contributed by atoms with Gasteiger partial charge in [-0.15, -0.1) is 6.58 Å². The highest BCUT2D eigenvalue weighted by molar-refractivity contribution is 6.30. The topological polar surface area (TPSA) is 58.2 Å². The van der Waals surface area contributed by atoms with Gasteiger partial charge in [0.15, 0.2) is 0 Å². The maximum absolute atomic E-state index is 12.5. The van der Waals surface area contributed by atoms with Crippen molar-refractivity contribution in [2.75, 3.05) is 11.9 Å². The number of amides is 2. The van der Waals surface area contributed by atoms with E-state index in [1.165, 1.54) is 0 Å². The molecule has 0 saturated carbocycles. The molecule has 4 nitrogen and oxygen atoms in total. The van der Waals surface area contributed by atoms with Gasteiger partial charge < -0.3 is 10.6 Å². The molecule has 2 atom stereocenters. The van der Waals surface area contributed by atoms with Gasteiger partial charge in [-0.2, -0.15) is 0 Å². The zero-order valence-electron chi connectivity index (χ0n) is 12.2. The first-order chi connectivity index (χ1) is 10.6. The number of carbonyl (C=O) groups is 2. The first-order valence-corrected chi connectivity index (χ1v) is 7.59. The molecule has 1 aliphatic rings. The number of halogens is 1. The summed E-state index contributed by atoms with van der Waals surface area (Å²) in [6.45, 7) is 3.98. The highest BCUT2D eigenvalue weighted by Crippen LogP contribution is 2.27. The second-order valence-electron chi connectivity index (χ2n) is 5.19. The lowest BCUT2D eigenvalue weighted by atomic mass is 9.81. The molecule has 0 spiro atoms. The smallest absolute Gasteiger partial charge is 0.228 e. The number of nitrogens with one attached hydrogen (secondary N) is 2. The summed E-state index contributed by atoms with van der Waals surface area (Å²) in [5.41, 5.74) is 0.675. The Morgan fingerprint density at radius 1 is 1.14 bits per heavy atom. The number of allylic oxidation sites excluding steroid dienone is 2. The molecule has 22 heavy (non-hydrogen) atoms. The summed E-state index contributed by atoms with van der Waals surface area (Å²) in [7, 11) is 0. The van der Waals surface area contributed by atoms with Gasteiger partial charge in [0.2, 0.25) is 11.8 Å². The first-order valence-electron chi connectivity index (χ1n) is 7.22. The van der Waals surface area contributed by atoms with E-state index in [1.54, 1.807) is 30.3 Å². The van der Waals surface area contributed by atoms with Gasteiger partial charge in [0.25, 0.3) is 0 Å². The Morgan fingerprint density at radius 2 is 1.73 bits per heavy atom. The van der Waals surface area contributed by atoms with E-state index in [-0.39, 0.29) is 23.7 Å². The van der Waals surface area contributed by atoms with Crippen molar-refractivity contribution in [2.24, 2.45) is 11.8 Å². The van der Waals surface area contributed by atoms with E-state index in [1.807, 2.05) is 12.2 Å². The molecule has 0 saturated heterocycles. The van der Waals surface area contributed by atoms with Crippen LogP contribution in [0.1, 0.15) is 12.8 Å².